The lowest BCUT2D eigenvalue weighted by Crippen LogP contribution is -2.33. The van der Waals surface area contributed by atoms with E-state index in [0.717, 1.165) is 0 Å². The second-order valence-electron chi connectivity index (χ2n) is 4.14. The lowest BCUT2D eigenvalue weighted by Gasteiger charge is -2.12. The van der Waals surface area contributed by atoms with Crippen LogP contribution in [0.2, 0.25) is 5.02 Å². The summed E-state index contributed by atoms with van der Waals surface area (Å²) in [5.74, 6) is -1.02. The number of urea groups is 1. The van der Waals surface area contributed by atoms with Crippen molar-refractivity contribution in [2.24, 2.45) is 5.92 Å². The number of hydrogen-bond acceptors (Lipinski definition) is 2. The average Bonchev–Trinajstić information content (AvgIpc) is 2.32. The van der Waals surface area contributed by atoms with E-state index in [1.165, 1.54) is 0 Å². The van der Waals surface area contributed by atoms with Gasteiger partial charge in [0, 0.05) is 13.0 Å². The van der Waals surface area contributed by atoms with Gasteiger partial charge in [-0.1, -0.05) is 24.6 Å². The zero-order valence-corrected chi connectivity index (χ0v) is 12.6. The van der Waals surface area contributed by atoms with Gasteiger partial charge in [-0.25, -0.2) is 4.79 Å². The molecule has 0 heterocycles. The molecule has 1 rings (SSSR count). The lowest BCUT2D eigenvalue weighted by molar-refractivity contribution is -0.137. The highest BCUT2D eigenvalue weighted by Crippen LogP contribution is 2.29. The van der Waals surface area contributed by atoms with Gasteiger partial charge < -0.3 is 15.7 Å². The number of benzene rings is 1. The summed E-state index contributed by atoms with van der Waals surface area (Å²) in [5.41, 5.74) is 0.552. The number of amides is 2. The van der Waals surface area contributed by atoms with Crippen LogP contribution in [0.25, 0.3) is 0 Å². The first-order valence-electron chi connectivity index (χ1n) is 5.60. The molecule has 0 bridgehead atoms. The summed E-state index contributed by atoms with van der Waals surface area (Å²) >= 11 is 9.17. The highest BCUT2D eigenvalue weighted by Gasteiger charge is 2.11. The monoisotopic (exact) mass is 348 g/mol. The van der Waals surface area contributed by atoms with Crippen LogP contribution in [0.5, 0.6) is 0 Å². The summed E-state index contributed by atoms with van der Waals surface area (Å²) in [6.07, 6.45) is 0.0150. The molecule has 0 aliphatic rings. The Hall–Kier alpha value is -1.27. The summed E-state index contributed by atoms with van der Waals surface area (Å²) < 4.78 is 0.602. The van der Waals surface area contributed by atoms with E-state index in [9.17, 15) is 9.59 Å². The summed E-state index contributed by atoms with van der Waals surface area (Å²) in [7, 11) is 0. The van der Waals surface area contributed by atoms with Crippen molar-refractivity contribution in [1.29, 1.82) is 0 Å². The molecule has 0 fully saturated rings. The fourth-order valence-electron chi connectivity index (χ4n) is 1.40. The van der Waals surface area contributed by atoms with Gasteiger partial charge in [-0.2, -0.15) is 0 Å². The fraction of sp³-hybridized carbons (Fsp3) is 0.333. The van der Waals surface area contributed by atoms with Crippen molar-refractivity contribution in [2.75, 3.05) is 11.9 Å². The molecule has 1 unspecified atom stereocenters. The van der Waals surface area contributed by atoms with E-state index in [1.54, 1.807) is 25.1 Å². The Morgan fingerprint density at radius 2 is 2.16 bits per heavy atom. The van der Waals surface area contributed by atoms with E-state index in [4.69, 9.17) is 16.7 Å². The van der Waals surface area contributed by atoms with E-state index in [0.29, 0.717) is 15.2 Å². The maximum Gasteiger partial charge on any atom is 0.319 e. The molecule has 3 N–H and O–H groups in total. The van der Waals surface area contributed by atoms with E-state index in [1.807, 2.05) is 0 Å². The molecule has 2 amide bonds. The molecule has 104 valence electrons. The number of rotatable bonds is 5. The SMILES string of the molecule is CC(CNC(=O)Nc1cccc(Cl)c1Br)CC(=O)O. The minimum atomic E-state index is -0.882. The average molecular weight is 350 g/mol. The van der Waals surface area contributed by atoms with Crippen LogP contribution in [-0.2, 0) is 4.79 Å². The number of anilines is 1. The number of aliphatic carboxylic acids is 1. The molecule has 1 aromatic rings. The molecule has 0 aliphatic carbocycles. The molecule has 0 saturated heterocycles. The quantitative estimate of drug-likeness (QED) is 0.763. The van der Waals surface area contributed by atoms with E-state index in [-0.39, 0.29) is 18.9 Å². The third-order valence-electron chi connectivity index (χ3n) is 2.33. The molecule has 7 heteroatoms. The predicted octanol–water partition coefficient (Wildman–Crippen LogP) is 3.33. The maximum absolute atomic E-state index is 11.6. The van der Waals surface area contributed by atoms with Crippen LogP contribution in [0.1, 0.15) is 13.3 Å². The molecular formula is C12H14BrClN2O3. The number of nitrogens with one attached hydrogen (secondary N) is 2. The topological polar surface area (TPSA) is 78.4 Å². The van der Waals surface area contributed by atoms with Crippen molar-refractivity contribution in [3.63, 3.8) is 0 Å². The lowest BCUT2D eigenvalue weighted by atomic mass is 10.1. The van der Waals surface area contributed by atoms with Gasteiger partial charge in [-0.3, -0.25) is 4.79 Å². The largest absolute Gasteiger partial charge is 0.481 e. The normalized spacial score (nSPS) is 11.7. The zero-order chi connectivity index (χ0) is 14.4. The number of hydrogen-bond donors (Lipinski definition) is 3. The first kappa shape index (κ1) is 15.8. The Labute approximate surface area is 124 Å². The van der Waals surface area contributed by atoms with Gasteiger partial charge in [0.1, 0.15) is 0 Å². The van der Waals surface area contributed by atoms with Crippen LogP contribution in [0.3, 0.4) is 0 Å². The van der Waals surface area contributed by atoms with E-state index in [2.05, 4.69) is 26.6 Å². The smallest absolute Gasteiger partial charge is 0.319 e. The van der Waals surface area contributed by atoms with E-state index >= 15 is 0 Å². The number of halogens is 2. The number of carboxylic acid groups (broad SMARTS) is 1. The Bertz CT molecular complexity index is 482. The van der Waals surface area contributed by atoms with Crippen LogP contribution in [-0.4, -0.2) is 23.7 Å². The van der Waals surface area contributed by atoms with Crippen LogP contribution in [0.4, 0.5) is 10.5 Å². The Morgan fingerprint density at radius 3 is 2.79 bits per heavy atom. The number of carbonyl (C=O) groups excluding carboxylic acids is 1. The van der Waals surface area contributed by atoms with Crippen molar-refractivity contribution in [2.45, 2.75) is 13.3 Å². The highest BCUT2D eigenvalue weighted by atomic mass is 79.9. The van der Waals surface area contributed by atoms with Crippen molar-refractivity contribution in [3.8, 4) is 0 Å². The van der Waals surface area contributed by atoms with Gasteiger partial charge in [0.2, 0.25) is 0 Å². The Balaban J connectivity index is 2.47. The van der Waals surface area contributed by atoms with E-state index < -0.39 is 12.0 Å². The molecule has 0 aliphatic heterocycles. The van der Waals surface area contributed by atoms with Crippen molar-refractivity contribution in [3.05, 3.63) is 27.7 Å². The highest BCUT2D eigenvalue weighted by molar-refractivity contribution is 9.10. The molecule has 1 aromatic carbocycles. The van der Waals surface area contributed by atoms with Crippen LogP contribution in [0, 0.1) is 5.92 Å². The van der Waals surface area contributed by atoms with Gasteiger partial charge >= 0.3 is 12.0 Å². The minimum absolute atomic E-state index is 0.0150. The minimum Gasteiger partial charge on any atom is -0.481 e. The van der Waals surface area contributed by atoms with Gasteiger partial charge in [-0.15, -0.1) is 0 Å². The number of carboxylic acids is 1. The van der Waals surface area contributed by atoms with Crippen molar-refractivity contribution < 1.29 is 14.7 Å². The molecule has 19 heavy (non-hydrogen) atoms. The number of carbonyl (C=O) groups is 2. The summed E-state index contributed by atoms with van der Waals surface area (Å²) in [5, 5.41) is 14.3. The molecule has 5 nitrogen and oxygen atoms in total. The summed E-state index contributed by atoms with van der Waals surface area (Å²) in [4.78, 5) is 22.1. The van der Waals surface area contributed by atoms with Crippen LogP contribution >= 0.6 is 27.5 Å². The van der Waals surface area contributed by atoms with Gasteiger partial charge in [-0.05, 0) is 34.0 Å². The second kappa shape index (κ2) is 7.35. The maximum atomic E-state index is 11.6. The van der Waals surface area contributed by atoms with Gasteiger partial charge in [0.15, 0.2) is 0 Å². The fourth-order valence-corrected chi connectivity index (χ4v) is 1.94. The first-order valence-corrected chi connectivity index (χ1v) is 6.78. The molecule has 0 saturated carbocycles. The molecule has 1 atom stereocenters. The first-order chi connectivity index (χ1) is 8.90. The van der Waals surface area contributed by atoms with Crippen LogP contribution in [0.15, 0.2) is 22.7 Å². The predicted molar refractivity (Wildman–Crippen MR) is 77.6 cm³/mol. The summed E-state index contributed by atoms with van der Waals surface area (Å²) in [6, 6.07) is 4.72. The zero-order valence-electron chi connectivity index (χ0n) is 10.2. The molecular weight excluding hydrogens is 336 g/mol. The Kier molecular flexibility index (Phi) is 6.11. The third-order valence-corrected chi connectivity index (χ3v) is 3.73. The van der Waals surface area contributed by atoms with Gasteiger partial charge in [0.25, 0.3) is 0 Å². The van der Waals surface area contributed by atoms with Gasteiger partial charge in [0.05, 0.1) is 15.2 Å². The van der Waals surface area contributed by atoms with Crippen molar-refractivity contribution >= 4 is 45.2 Å². The summed E-state index contributed by atoms with van der Waals surface area (Å²) in [6.45, 7) is 2.04. The third kappa shape index (κ3) is 5.48. The standard InChI is InChI=1S/C12H14BrClN2O3/c1-7(5-10(17)18)6-15-12(19)16-9-4-2-3-8(14)11(9)13/h2-4,7H,5-6H2,1H3,(H,17,18)(H2,15,16,19). The second-order valence-corrected chi connectivity index (χ2v) is 5.34. The van der Waals surface area contributed by atoms with Crippen molar-refractivity contribution in [1.82, 2.24) is 5.32 Å². The van der Waals surface area contributed by atoms with Crippen LogP contribution < -0.4 is 10.6 Å². The Morgan fingerprint density at radius 1 is 1.47 bits per heavy atom. The molecule has 0 spiro atoms. The molecule has 0 radical (unpaired) electrons. The molecule has 0 aromatic heterocycles.